The van der Waals surface area contributed by atoms with E-state index in [-0.39, 0.29) is 17.8 Å². The molecule has 0 aromatic carbocycles. The molecule has 1 aliphatic rings. The van der Waals surface area contributed by atoms with Crippen molar-refractivity contribution in [3.63, 3.8) is 0 Å². The Morgan fingerprint density at radius 1 is 1.39 bits per heavy atom. The standard InChI is InChI=1S/C16H25N3O3S/c1-16(2,3)22-15(21)12(10-4-7-18-8-5-10)19-14(20)13-11(17)6-9-23-13/h6,9-10,12,18H,4-5,7-8,17H2,1-3H3,(H,19,20). The smallest absolute Gasteiger partial charge is 0.329 e. The highest BCUT2D eigenvalue weighted by Gasteiger charge is 2.34. The van der Waals surface area contributed by atoms with Crippen LogP contribution in [0, 0.1) is 5.92 Å². The topological polar surface area (TPSA) is 93.5 Å². The third-order valence-corrected chi connectivity index (χ3v) is 4.63. The van der Waals surface area contributed by atoms with Gasteiger partial charge in [0.25, 0.3) is 5.91 Å². The van der Waals surface area contributed by atoms with Gasteiger partial charge in [-0.05, 0) is 64.1 Å². The van der Waals surface area contributed by atoms with E-state index in [1.54, 1.807) is 11.4 Å². The van der Waals surface area contributed by atoms with E-state index in [1.165, 1.54) is 11.3 Å². The normalized spacial score (nSPS) is 17.5. The summed E-state index contributed by atoms with van der Waals surface area (Å²) in [5, 5.41) is 7.87. The van der Waals surface area contributed by atoms with E-state index in [0.29, 0.717) is 10.6 Å². The lowest BCUT2D eigenvalue weighted by Crippen LogP contribution is -2.51. The van der Waals surface area contributed by atoms with Gasteiger partial charge in [0.05, 0.1) is 5.69 Å². The first kappa shape index (κ1) is 17.7. The minimum atomic E-state index is -0.648. The number of amides is 1. The second kappa shape index (κ2) is 7.31. The van der Waals surface area contributed by atoms with Crippen LogP contribution in [0.2, 0.25) is 0 Å². The van der Waals surface area contributed by atoms with Crippen molar-refractivity contribution >= 4 is 28.9 Å². The Morgan fingerprint density at radius 3 is 2.57 bits per heavy atom. The average molecular weight is 339 g/mol. The molecule has 2 rings (SSSR count). The summed E-state index contributed by atoms with van der Waals surface area (Å²) >= 11 is 1.27. The molecule has 1 amide bonds. The molecule has 2 heterocycles. The molecule has 1 unspecified atom stereocenters. The molecule has 0 spiro atoms. The number of carbonyl (C=O) groups is 2. The number of nitrogen functional groups attached to an aromatic ring is 1. The predicted molar refractivity (Wildman–Crippen MR) is 91.4 cm³/mol. The third kappa shape index (κ3) is 4.94. The zero-order valence-corrected chi connectivity index (χ0v) is 14.7. The van der Waals surface area contributed by atoms with E-state index in [9.17, 15) is 9.59 Å². The Kier molecular flexibility index (Phi) is 5.64. The van der Waals surface area contributed by atoms with Crippen LogP contribution < -0.4 is 16.4 Å². The number of nitrogens with two attached hydrogens (primary N) is 1. The Morgan fingerprint density at radius 2 is 2.04 bits per heavy atom. The maximum Gasteiger partial charge on any atom is 0.329 e. The van der Waals surface area contributed by atoms with E-state index in [2.05, 4.69) is 10.6 Å². The van der Waals surface area contributed by atoms with Crippen molar-refractivity contribution in [2.75, 3.05) is 18.8 Å². The summed E-state index contributed by atoms with van der Waals surface area (Å²) in [5.41, 5.74) is 5.64. The van der Waals surface area contributed by atoms with Gasteiger partial charge < -0.3 is 21.1 Å². The molecule has 6 nitrogen and oxygen atoms in total. The minimum Gasteiger partial charge on any atom is -0.458 e. The first-order chi connectivity index (χ1) is 10.8. The first-order valence-corrected chi connectivity index (χ1v) is 8.73. The Bertz CT molecular complexity index is 559. The molecule has 0 aliphatic carbocycles. The molecule has 1 aromatic rings. The molecule has 1 atom stereocenters. The summed E-state index contributed by atoms with van der Waals surface area (Å²) in [5.74, 6) is -0.629. The highest BCUT2D eigenvalue weighted by atomic mass is 32.1. The van der Waals surface area contributed by atoms with E-state index < -0.39 is 11.6 Å². The summed E-state index contributed by atoms with van der Waals surface area (Å²) in [7, 11) is 0. The van der Waals surface area contributed by atoms with Crippen LogP contribution in [0.25, 0.3) is 0 Å². The van der Waals surface area contributed by atoms with Gasteiger partial charge in [-0.2, -0.15) is 0 Å². The number of nitrogens with one attached hydrogen (secondary N) is 2. The largest absolute Gasteiger partial charge is 0.458 e. The van der Waals surface area contributed by atoms with E-state index >= 15 is 0 Å². The van der Waals surface area contributed by atoms with Crippen molar-refractivity contribution in [2.45, 2.75) is 45.3 Å². The number of esters is 1. The van der Waals surface area contributed by atoms with Crippen LogP contribution in [0.4, 0.5) is 5.69 Å². The van der Waals surface area contributed by atoms with Gasteiger partial charge in [0.2, 0.25) is 0 Å². The van der Waals surface area contributed by atoms with E-state index in [0.717, 1.165) is 25.9 Å². The van der Waals surface area contributed by atoms with Gasteiger partial charge in [0.1, 0.15) is 16.5 Å². The Balaban J connectivity index is 2.14. The second-order valence-corrected chi connectivity index (χ2v) is 7.69. The maximum atomic E-state index is 12.6. The molecule has 4 N–H and O–H groups in total. The molecular formula is C16H25N3O3S. The maximum absolute atomic E-state index is 12.6. The van der Waals surface area contributed by atoms with Crippen molar-refractivity contribution in [1.82, 2.24) is 10.6 Å². The van der Waals surface area contributed by atoms with Gasteiger partial charge in [-0.3, -0.25) is 4.79 Å². The quantitative estimate of drug-likeness (QED) is 0.727. The van der Waals surface area contributed by atoms with Crippen LogP contribution >= 0.6 is 11.3 Å². The lowest BCUT2D eigenvalue weighted by Gasteiger charge is -2.32. The summed E-state index contributed by atoms with van der Waals surface area (Å²) in [6.07, 6.45) is 1.65. The van der Waals surface area contributed by atoms with Crippen LogP contribution in [0.15, 0.2) is 11.4 Å². The Hall–Kier alpha value is -1.60. The van der Waals surface area contributed by atoms with Crippen LogP contribution in [0.1, 0.15) is 43.3 Å². The molecule has 1 aliphatic heterocycles. The average Bonchev–Trinajstić information content (AvgIpc) is 2.90. The molecule has 0 bridgehead atoms. The summed E-state index contributed by atoms with van der Waals surface area (Å²) in [6, 6.07) is 1.04. The lowest BCUT2D eigenvalue weighted by atomic mass is 9.90. The monoisotopic (exact) mass is 339 g/mol. The van der Waals surface area contributed by atoms with Crippen LogP contribution in [-0.2, 0) is 9.53 Å². The molecular weight excluding hydrogens is 314 g/mol. The third-order valence-electron chi connectivity index (χ3n) is 3.70. The lowest BCUT2D eigenvalue weighted by molar-refractivity contribution is -0.159. The SMILES string of the molecule is CC(C)(C)OC(=O)C(NC(=O)c1sccc1N)C1CCNCC1. The highest BCUT2D eigenvalue weighted by Crippen LogP contribution is 2.23. The van der Waals surface area contributed by atoms with E-state index in [1.807, 2.05) is 20.8 Å². The van der Waals surface area contributed by atoms with Gasteiger partial charge in [-0.25, -0.2) is 4.79 Å². The molecule has 7 heteroatoms. The van der Waals surface area contributed by atoms with Gasteiger partial charge in [-0.1, -0.05) is 0 Å². The molecule has 1 aromatic heterocycles. The summed E-state index contributed by atoms with van der Waals surface area (Å²) in [6.45, 7) is 7.14. The fourth-order valence-electron chi connectivity index (χ4n) is 2.62. The van der Waals surface area contributed by atoms with Gasteiger partial charge in [-0.15, -0.1) is 11.3 Å². The zero-order chi connectivity index (χ0) is 17.0. The predicted octanol–water partition coefficient (Wildman–Crippen LogP) is 1.77. The fourth-order valence-corrected chi connectivity index (χ4v) is 3.34. The molecule has 0 saturated carbocycles. The highest BCUT2D eigenvalue weighted by molar-refractivity contribution is 7.12. The molecule has 1 fully saturated rings. The van der Waals surface area contributed by atoms with E-state index in [4.69, 9.17) is 10.5 Å². The first-order valence-electron chi connectivity index (χ1n) is 7.85. The molecule has 1 saturated heterocycles. The van der Waals surface area contributed by atoms with Crippen molar-refractivity contribution in [3.05, 3.63) is 16.3 Å². The fraction of sp³-hybridized carbons (Fsp3) is 0.625. The van der Waals surface area contributed by atoms with Crippen molar-refractivity contribution in [1.29, 1.82) is 0 Å². The summed E-state index contributed by atoms with van der Waals surface area (Å²) in [4.78, 5) is 25.4. The second-order valence-electron chi connectivity index (χ2n) is 6.78. The van der Waals surface area contributed by atoms with Crippen molar-refractivity contribution < 1.29 is 14.3 Å². The van der Waals surface area contributed by atoms with Gasteiger partial charge in [0, 0.05) is 0 Å². The number of hydrogen-bond donors (Lipinski definition) is 3. The molecule has 23 heavy (non-hydrogen) atoms. The summed E-state index contributed by atoms with van der Waals surface area (Å²) < 4.78 is 5.50. The van der Waals surface area contributed by atoms with Crippen LogP contribution in [0.5, 0.6) is 0 Å². The minimum absolute atomic E-state index is 0.0660. The van der Waals surface area contributed by atoms with Crippen LogP contribution in [-0.4, -0.2) is 36.6 Å². The van der Waals surface area contributed by atoms with Crippen molar-refractivity contribution in [2.24, 2.45) is 5.92 Å². The number of thiophene rings is 1. The van der Waals surface area contributed by atoms with Crippen LogP contribution in [0.3, 0.4) is 0 Å². The molecule has 128 valence electrons. The Labute approximate surface area is 140 Å². The van der Waals surface area contributed by atoms with Gasteiger partial charge >= 0.3 is 5.97 Å². The number of carbonyl (C=O) groups excluding carboxylic acids is 2. The van der Waals surface area contributed by atoms with Gasteiger partial charge in [0.15, 0.2) is 0 Å². The van der Waals surface area contributed by atoms with Crippen molar-refractivity contribution in [3.8, 4) is 0 Å². The number of anilines is 1. The molecule has 0 radical (unpaired) electrons. The number of piperidine rings is 1. The number of ether oxygens (including phenoxy) is 1. The number of hydrogen-bond acceptors (Lipinski definition) is 6. The zero-order valence-electron chi connectivity index (χ0n) is 13.8. The number of rotatable bonds is 4.